The fraction of sp³-hybridized carbons (Fsp3) is 0.300. The van der Waals surface area contributed by atoms with Crippen LogP contribution in [-0.4, -0.2) is 42.3 Å². The predicted molar refractivity (Wildman–Crippen MR) is 123 cm³/mol. The van der Waals surface area contributed by atoms with Gasteiger partial charge in [0.25, 0.3) is 5.91 Å². The summed E-state index contributed by atoms with van der Waals surface area (Å²) < 4.78 is 25.3. The molecule has 2 aromatic carbocycles. The Morgan fingerprint density at radius 1 is 1.21 bits per heavy atom. The second kappa shape index (κ2) is 7.79. The third-order valence-corrected chi connectivity index (χ3v) is 8.73. The third-order valence-electron chi connectivity index (χ3n) is 4.85. The topological polar surface area (TPSA) is 66.8 Å². The molecule has 1 amide bonds. The molecule has 0 aliphatic carbocycles. The van der Waals surface area contributed by atoms with Crippen LogP contribution >= 0.6 is 34.4 Å². The van der Waals surface area contributed by atoms with E-state index in [4.69, 9.17) is 0 Å². The van der Waals surface area contributed by atoms with Gasteiger partial charge in [-0.3, -0.25) is 4.79 Å². The van der Waals surface area contributed by atoms with Crippen LogP contribution in [0.3, 0.4) is 0 Å². The molecule has 2 heterocycles. The summed E-state index contributed by atoms with van der Waals surface area (Å²) >= 11 is 3.64. The van der Waals surface area contributed by atoms with Gasteiger partial charge in [-0.05, 0) is 53.3 Å². The highest BCUT2D eigenvalue weighted by Gasteiger charge is 2.49. The van der Waals surface area contributed by atoms with Crippen LogP contribution in [0.5, 0.6) is 0 Å². The average molecular weight is 526 g/mol. The lowest BCUT2D eigenvalue weighted by Gasteiger charge is -2.24. The Labute approximate surface area is 182 Å². The van der Waals surface area contributed by atoms with E-state index in [2.05, 4.69) is 27.6 Å². The van der Waals surface area contributed by atoms with Gasteiger partial charge in [0.15, 0.2) is 15.0 Å². The highest BCUT2D eigenvalue weighted by Crippen LogP contribution is 2.41. The zero-order valence-electron chi connectivity index (χ0n) is 15.2. The van der Waals surface area contributed by atoms with Crippen LogP contribution in [0.4, 0.5) is 5.69 Å². The van der Waals surface area contributed by atoms with E-state index in [0.717, 1.165) is 20.4 Å². The summed E-state index contributed by atoms with van der Waals surface area (Å²) in [5, 5.41) is 0.512. The molecular formula is C20H19IN2O3S2. The van der Waals surface area contributed by atoms with Crippen molar-refractivity contribution < 1.29 is 13.2 Å². The lowest BCUT2D eigenvalue weighted by molar-refractivity contribution is -0.117. The Bertz CT molecular complexity index is 1050. The van der Waals surface area contributed by atoms with E-state index in [-0.39, 0.29) is 35.1 Å². The molecule has 8 heteroatoms. The molecule has 146 valence electrons. The van der Waals surface area contributed by atoms with E-state index >= 15 is 0 Å². The Hall–Kier alpha value is -1.39. The van der Waals surface area contributed by atoms with Gasteiger partial charge in [-0.2, -0.15) is 4.99 Å². The van der Waals surface area contributed by atoms with E-state index < -0.39 is 9.84 Å². The number of aryl methyl sites for hydroxylation is 1. The molecule has 0 saturated carbocycles. The van der Waals surface area contributed by atoms with E-state index in [1.165, 1.54) is 11.8 Å². The molecule has 4 rings (SSSR count). The second-order valence-corrected chi connectivity index (χ2v) is 11.7. The first-order chi connectivity index (χ1) is 13.3. The number of benzene rings is 2. The summed E-state index contributed by atoms with van der Waals surface area (Å²) in [5.74, 6) is 0.0136. The van der Waals surface area contributed by atoms with Crippen molar-refractivity contribution in [2.24, 2.45) is 4.99 Å². The number of amidine groups is 1. The van der Waals surface area contributed by atoms with E-state index in [0.29, 0.717) is 5.17 Å². The molecule has 0 aromatic heterocycles. The lowest BCUT2D eigenvalue weighted by Crippen LogP contribution is -2.37. The van der Waals surface area contributed by atoms with Crippen molar-refractivity contribution in [3.05, 3.63) is 63.2 Å². The molecule has 2 aliphatic rings. The highest BCUT2D eigenvalue weighted by atomic mass is 127. The van der Waals surface area contributed by atoms with Gasteiger partial charge in [0.1, 0.15) is 0 Å². The number of hydrogen-bond donors (Lipinski definition) is 0. The maximum Gasteiger partial charge on any atom is 0.252 e. The van der Waals surface area contributed by atoms with E-state index in [9.17, 15) is 13.2 Å². The summed E-state index contributed by atoms with van der Waals surface area (Å²) in [6.45, 7) is 2.01. The second-order valence-electron chi connectivity index (χ2n) is 7.10. The summed E-state index contributed by atoms with van der Waals surface area (Å²) in [7, 11) is -3.07. The number of sulfone groups is 1. The first-order valence-electron chi connectivity index (χ1n) is 8.90. The zero-order valence-corrected chi connectivity index (χ0v) is 19.0. The molecule has 0 spiro atoms. The van der Waals surface area contributed by atoms with Crippen LogP contribution < -0.4 is 4.90 Å². The van der Waals surface area contributed by atoms with Crippen LogP contribution in [0.25, 0.3) is 0 Å². The number of anilines is 1. The molecule has 2 saturated heterocycles. The zero-order chi connectivity index (χ0) is 19.9. The Balaban J connectivity index is 1.63. The minimum absolute atomic E-state index is 0.0891. The minimum Gasteiger partial charge on any atom is -0.316 e. The summed E-state index contributed by atoms with van der Waals surface area (Å²) in [6, 6.07) is 15.5. The number of thioether (sulfide) groups is 1. The fourth-order valence-corrected chi connectivity index (χ4v) is 7.98. The van der Waals surface area contributed by atoms with E-state index in [1.807, 2.05) is 60.4 Å². The number of amides is 1. The smallest absolute Gasteiger partial charge is 0.252 e. The van der Waals surface area contributed by atoms with Crippen molar-refractivity contribution in [2.45, 2.75) is 24.6 Å². The number of halogens is 1. The molecule has 0 radical (unpaired) electrons. The van der Waals surface area contributed by atoms with Crippen molar-refractivity contribution in [3.63, 3.8) is 0 Å². The number of nitrogens with zero attached hydrogens (tertiary/aromatic N) is 2. The van der Waals surface area contributed by atoms with Crippen LogP contribution in [-0.2, 0) is 21.1 Å². The number of fused-ring (bicyclic) bond motifs is 1. The van der Waals surface area contributed by atoms with Gasteiger partial charge in [-0.1, -0.05) is 47.7 Å². The molecule has 2 aromatic rings. The van der Waals surface area contributed by atoms with Gasteiger partial charge in [-0.25, -0.2) is 8.42 Å². The van der Waals surface area contributed by atoms with Crippen molar-refractivity contribution in [3.8, 4) is 0 Å². The van der Waals surface area contributed by atoms with E-state index in [1.54, 1.807) is 0 Å². The third kappa shape index (κ3) is 4.28. The maximum atomic E-state index is 12.6. The first-order valence-corrected chi connectivity index (χ1v) is 12.7. The average Bonchev–Trinajstić information content (AvgIpc) is 3.07. The molecule has 0 N–H and O–H groups in total. The predicted octanol–water partition coefficient (Wildman–Crippen LogP) is 3.44. The molecular weight excluding hydrogens is 507 g/mol. The highest BCUT2D eigenvalue weighted by molar-refractivity contribution is 14.1. The van der Waals surface area contributed by atoms with Crippen molar-refractivity contribution >= 4 is 61.0 Å². The molecule has 2 fully saturated rings. The monoisotopic (exact) mass is 526 g/mol. The van der Waals surface area contributed by atoms with Gasteiger partial charge in [0.05, 0.1) is 24.0 Å². The standard InChI is InChI=1S/C20H19IN2O3S2/c1-13-5-7-14(8-6-13)9-19(24)22-20-23(16-4-2-3-15(21)10-16)17-11-28(25,26)12-18(17)27-20/h2-8,10,17-18H,9,11-12H2,1H3/t17-,18-/m1/s1. The van der Waals surface area contributed by atoms with Crippen molar-refractivity contribution in [1.82, 2.24) is 0 Å². The lowest BCUT2D eigenvalue weighted by atomic mass is 10.1. The normalized spacial score (nSPS) is 24.5. The summed E-state index contributed by atoms with van der Waals surface area (Å²) in [5.41, 5.74) is 2.95. The van der Waals surface area contributed by atoms with Crippen LogP contribution in [0.2, 0.25) is 0 Å². The summed E-state index contributed by atoms with van der Waals surface area (Å²) in [4.78, 5) is 18.9. The van der Waals surface area contributed by atoms with Crippen LogP contribution in [0, 0.1) is 10.5 Å². The van der Waals surface area contributed by atoms with Crippen molar-refractivity contribution in [2.75, 3.05) is 16.4 Å². The minimum atomic E-state index is -3.07. The van der Waals surface area contributed by atoms with Crippen LogP contribution in [0.15, 0.2) is 53.5 Å². The van der Waals surface area contributed by atoms with Gasteiger partial charge in [0.2, 0.25) is 0 Å². The Morgan fingerprint density at radius 2 is 1.96 bits per heavy atom. The number of hydrogen-bond acceptors (Lipinski definition) is 4. The fourth-order valence-electron chi connectivity index (χ4n) is 3.52. The number of carbonyl (C=O) groups is 1. The summed E-state index contributed by atoms with van der Waals surface area (Å²) in [6.07, 6.45) is 0.234. The Kier molecular flexibility index (Phi) is 5.54. The number of aliphatic imine (C=N–C) groups is 1. The molecule has 2 atom stereocenters. The SMILES string of the molecule is Cc1ccc(CC(=O)N=C2S[C@@H]3CS(=O)(=O)C[C@H]3N2c2cccc(I)c2)cc1. The number of carbonyl (C=O) groups excluding carboxylic acids is 1. The van der Waals surface area contributed by atoms with Gasteiger partial charge < -0.3 is 4.90 Å². The largest absolute Gasteiger partial charge is 0.316 e. The van der Waals surface area contributed by atoms with Gasteiger partial charge in [0, 0.05) is 14.5 Å². The maximum absolute atomic E-state index is 12.6. The number of rotatable bonds is 3. The molecule has 28 heavy (non-hydrogen) atoms. The first kappa shape index (κ1) is 19.9. The van der Waals surface area contributed by atoms with Gasteiger partial charge in [-0.15, -0.1) is 0 Å². The molecule has 2 aliphatic heterocycles. The van der Waals surface area contributed by atoms with Gasteiger partial charge >= 0.3 is 0 Å². The van der Waals surface area contributed by atoms with Crippen molar-refractivity contribution in [1.29, 1.82) is 0 Å². The molecule has 0 bridgehead atoms. The molecule has 0 unspecified atom stereocenters. The van der Waals surface area contributed by atoms with Crippen LogP contribution in [0.1, 0.15) is 11.1 Å². The molecule has 5 nitrogen and oxygen atoms in total. The Morgan fingerprint density at radius 3 is 2.68 bits per heavy atom. The quantitative estimate of drug-likeness (QED) is 0.574.